The Morgan fingerprint density at radius 1 is 1.03 bits per heavy atom. The highest BCUT2D eigenvalue weighted by Crippen LogP contribution is 2.36. The molecule has 2 amide bonds. The predicted molar refractivity (Wildman–Crippen MR) is 148 cm³/mol. The van der Waals surface area contributed by atoms with Gasteiger partial charge in [-0.2, -0.15) is 10.2 Å². The average Bonchev–Trinajstić information content (AvgIpc) is 2.88. The number of hydrogen-bond donors (Lipinski definition) is 2. The van der Waals surface area contributed by atoms with Gasteiger partial charge in [0.2, 0.25) is 6.04 Å². The third kappa shape index (κ3) is 8.81. The van der Waals surface area contributed by atoms with Crippen molar-refractivity contribution < 1.29 is 23.9 Å². The second kappa shape index (κ2) is 15.0. The summed E-state index contributed by atoms with van der Waals surface area (Å²) in [7, 11) is 2.86. The summed E-state index contributed by atoms with van der Waals surface area (Å²) in [5.41, 5.74) is 1.82. The summed E-state index contributed by atoms with van der Waals surface area (Å²) < 4.78 is 10.5. The van der Waals surface area contributed by atoms with Crippen molar-refractivity contribution in [2.45, 2.75) is 40.2 Å². The van der Waals surface area contributed by atoms with E-state index in [0.29, 0.717) is 28.6 Å². The van der Waals surface area contributed by atoms with Crippen LogP contribution in [0.5, 0.6) is 11.5 Å². The number of ketones is 1. The molecule has 1 atom stereocenters. The van der Waals surface area contributed by atoms with Crippen molar-refractivity contribution >= 4 is 40.6 Å². The van der Waals surface area contributed by atoms with Gasteiger partial charge in [0.05, 0.1) is 30.6 Å². The Labute approximate surface area is 228 Å². The van der Waals surface area contributed by atoms with Crippen molar-refractivity contribution in [1.29, 1.82) is 0 Å². The van der Waals surface area contributed by atoms with Crippen LogP contribution >= 0.6 is 11.6 Å². The predicted octanol–water partition coefficient (Wildman–Crippen LogP) is 4.81. The number of amides is 2. The molecule has 2 aromatic carbocycles. The number of Topliss-reactive ketones (excluding diaryl/α,β-unsaturated/α-hetero) is 1. The first kappa shape index (κ1) is 30.7. The molecule has 2 aromatic rings. The van der Waals surface area contributed by atoms with Gasteiger partial charge in [-0.1, -0.05) is 25.4 Å². The molecule has 0 saturated carbocycles. The van der Waals surface area contributed by atoms with Crippen molar-refractivity contribution in [3.05, 3.63) is 46.5 Å². The Morgan fingerprint density at radius 3 is 2.32 bits per heavy atom. The van der Waals surface area contributed by atoms with Gasteiger partial charge in [-0.3, -0.25) is 14.4 Å². The molecule has 2 rings (SSSR count). The second-order valence-electron chi connectivity index (χ2n) is 8.60. The molecule has 0 radical (unpaired) electrons. The van der Waals surface area contributed by atoms with Crippen molar-refractivity contribution in [3.8, 4) is 11.5 Å². The number of aryl methyl sites for hydroxylation is 1. The topological polar surface area (TPSA) is 122 Å². The quantitative estimate of drug-likeness (QED) is 0.200. The van der Waals surface area contributed by atoms with Crippen LogP contribution in [0.25, 0.3) is 0 Å². The number of benzene rings is 2. The number of azo groups is 1. The molecule has 0 aromatic heterocycles. The average molecular weight is 546 g/mol. The van der Waals surface area contributed by atoms with Crippen molar-refractivity contribution in [3.63, 3.8) is 0 Å². The Morgan fingerprint density at radius 2 is 1.71 bits per heavy atom. The van der Waals surface area contributed by atoms with Gasteiger partial charge >= 0.3 is 0 Å². The minimum atomic E-state index is -1.42. The summed E-state index contributed by atoms with van der Waals surface area (Å²) in [5.74, 6) is -0.834. The highest BCUT2D eigenvalue weighted by molar-refractivity contribution is 6.32. The molecular formula is C27H36ClN5O5. The Balaban J connectivity index is 2.15. The summed E-state index contributed by atoms with van der Waals surface area (Å²) in [5, 5.41) is 13.9. The van der Waals surface area contributed by atoms with Gasteiger partial charge in [-0.25, -0.2) is 0 Å². The number of anilines is 1. The van der Waals surface area contributed by atoms with Crippen molar-refractivity contribution in [1.82, 2.24) is 10.2 Å². The molecule has 0 aliphatic carbocycles. The highest BCUT2D eigenvalue weighted by atomic mass is 35.5. The molecule has 206 valence electrons. The SMILES string of the molecule is CCN(CC)CCCNC(=O)c1cc(C)cc(N=NC(C(C)=O)C(=O)Nc2cc(OC)c(Cl)cc2OC)c1. The number of methoxy groups -OCH3 is 2. The van der Waals surface area contributed by atoms with Gasteiger partial charge in [0.15, 0.2) is 5.78 Å². The van der Waals surface area contributed by atoms with Crippen LogP contribution in [0.2, 0.25) is 5.02 Å². The Hall–Kier alpha value is -3.50. The third-order valence-electron chi connectivity index (χ3n) is 5.81. The summed E-state index contributed by atoms with van der Waals surface area (Å²) in [6.07, 6.45) is 0.839. The minimum absolute atomic E-state index is 0.227. The van der Waals surface area contributed by atoms with Crippen LogP contribution in [0.1, 0.15) is 43.1 Å². The maximum atomic E-state index is 12.9. The van der Waals surface area contributed by atoms with Crippen LogP contribution in [0.15, 0.2) is 40.6 Å². The molecule has 0 fully saturated rings. The van der Waals surface area contributed by atoms with E-state index >= 15 is 0 Å². The molecular weight excluding hydrogens is 510 g/mol. The first-order valence-corrected chi connectivity index (χ1v) is 12.8. The first-order chi connectivity index (χ1) is 18.1. The number of carbonyl (C=O) groups is 3. The van der Waals surface area contributed by atoms with Gasteiger partial charge in [0, 0.05) is 24.2 Å². The molecule has 11 heteroatoms. The zero-order valence-corrected chi connectivity index (χ0v) is 23.5. The number of ether oxygens (including phenoxy) is 2. The monoisotopic (exact) mass is 545 g/mol. The van der Waals surface area contributed by atoms with Crippen molar-refractivity contribution in [2.75, 3.05) is 45.7 Å². The largest absolute Gasteiger partial charge is 0.495 e. The van der Waals surface area contributed by atoms with Crippen LogP contribution in [-0.2, 0) is 9.59 Å². The fraction of sp³-hybridized carbons (Fsp3) is 0.444. The Bertz CT molecular complexity index is 1170. The number of hydrogen-bond acceptors (Lipinski definition) is 8. The Kier molecular flexibility index (Phi) is 12.2. The summed E-state index contributed by atoms with van der Waals surface area (Å²) >= 11 is 6.12. The van der Waals surface area contributed by atoms with Crippen molar-refractivity contribution in [2.24, 2.45) is 10.2 Å². The molecule has 0 heterocycles. The van der Waals surface area contributed by atoms with E-state index in [1.54, 1.807) is 18.2 Å². The van der Waals surface area contributed by atoms with E-state index in [4.69, 9.17) is 21.1 Å². The lowest BCUT2D eigenvalue weighted by Crippen LogP contribution is -2.32. The lowest BCUT2D eigenvalue weighted by Gasteiger charge is -2.17. The lowest BCUT2D eigenvalue weighted by molar-refractivity contribution is -0.126. The lowest BCUT2D eigenvalue weighted by atomic mass is 10.1. The van der Waals surface area contributed by atoms with Crippen LogP contribution in [-0.4, -0.2) is 68.9 Å². The molecule has 1 unspecified atom stereocenters. The van der Waals surface area contributed by atoms with E-state index < -0.39 is 17.7 Å². The van der Waals surface area contributed by atoms with Gasteiger partial charge < -0.3 is 25.0 Å². The van der Waals surface area contributed by atoms with Gasteiger partial charge in [-0.15, -0.1) is 0 Å². The van der Waals surface area contributed by atoms with Crippen LogP contribution < -0.4 is 20.1 Å². The molecule has 38 heavy (non-hydrogen) atoms. The van der Waals surface area contributed by atoms with Gasteiger partial charge in [0.25, 0.3) is 11.8 Å². The molecule has 0 saturated heterocycles. The number of nitrogens with zero attached hydrogens (tertiary/aromatic N) is 3. The van der Waals surface area contributed by atoms with E-state index in [0.717, 1.165) is 31.6 Å². The third-order valence-corrected chi connectivity index (χ3v) is 6.10. The zero-order valence-electron chi connectivity index (χ0n) is 22.8. The van der Waals surface area contributed by atoms with E-state index in [-0.39, 0.29) is 17.3 Å². The summed E-state index contributed by atoms with van der Waals surface area (Å²) in [6, 6.07) is 6.58. The number of rotatable bonds is 14. The maximum Gasteiger partial charge on any atom is 0.258 e. The number of nitrogens with one attached hydrogen (secondary N) is 2. The number of halogens is 1. The normalized spacial score (nSPS) is 11.9. The van der Waals surface area contributed by atoms with Gasteiger partial charge in [-0.05, 0) is 63.7 Å². The number of carbonyl (C=O) groups excluding carboxylic acids is 3. The maximum absolute atomic E-state index is 12.9. The summed E-state index contributed by atoms with van der Waals surface area (Å²) in [4.78, 5) is 40.1. The first-order valence-electron chi connectivity index (χ1n) is 12.4. The van der Waals surface area contributed by atoms with Crippen LogP contribution in [0.4, 0.5) is 11.4 Å². The molecule has 0 aliphatic heterocycles. The molecule has 0 bridgehead atoms. The minimum Gasteiger partial charge on any atom is -0.495 e. The molecule has 10 nitrogen and oxygen atoms in total. The fourth-order valence-corrected chi connectivity index (χ4v) is 3.93. The van der Waals surface area contributed by atoms with Crippen LogP contribution in [0, 0.1) is 6.92 Å². The van der Waals surface area contributed by atoms with E-state index in [2.05, 4.69) is 39.6 Å². The van der Waals surface area contributed by atoms with E-state index in [1.165, 1.54) is 33.3 Å². The second-order valence-corrected chi connectivity index (χ2v) is 9.01. The molecule has 2 N–H and O–H groups in total. The smallest absolute Gasteiger partial charge is 0.258 e. The fourth-order valence-electron chi connectivity index (χ4n) is 3.70. The highest BCUT2D eigenvalue weighted by Gasteiger charge is 2.25. The van der Waals surface area contributed by atoms with Crippen LogP contribution in [0.3, 0.4) is 0 Å². The molecule has 0 aliphatic rings. The molecule has 0 spiro atoms. The zero-order chi connectivity index (χ0) is 28.2. The summed E-state index contributed by atoms with van der Waals surface area (Å²) in [6.45, 7) is 10.7. The van der Waals surface area contributed by atoms with E-state index in [9.17, 15) is 14.4 Å². The van der Waals surface area contributed by atoms with Gasteiger partial charge in [0.1, 0.15) is 11.5 Å². The van der Waals surface area contributed by atoms with E-state index in [1.807, 2.05) is 6.92 Å². The standard InChI is InChI=1S/C27H36ClN5O5/c1-7-33(8-2)11-9-10-29-26(35)19-12-17(3)13-20(14-19)31-32-25(18(4)34)27(36)30-22-16-23(37-5)21(28)15-24(22)38-6/h12-16,25H,7-11H2,1-6H3,(H,29,35)(H,30,36).